The SMILES string of the molecule is C[C@@H]1Cc2ncnc(C3CN(S(C)(=O)=O)C3)c2CN1c1cc(Cl)nc2c1C=CC2. The van der Waals surface area contributed by atoms with Gasteiger partial charge < -0.3 is 4.90 Å². The lowest BCUT2D eigenvalue weighted by Gasteiger charge is -2.41. The van der Waals surface area contributed by atoms with Crippen molar-refractivity contribution < 1.29 is 8.42 Å². The minimum atomic E-state index is -3.15. The molecule has 0 saturated carbocycles. The molecule has 29 heavy (non-hydrogen) atoms. The monoisotopic (exact) mass is 431 g/mol. The molecule has 1 aliphatic carbocycles. The summed E-state index contributed by atoms with van der Waals surface area (Å²) in [6.45, 7) is 3.84. The van der Waals surface area contributed by atoms with Crippen LogP contribution < -0.4 is 4.90 Å². The van der Waals surface area contributed by atoms with E-state index in [0.717, 1.165) is 46.7 Å². The summed E-state index contributed by atoms with van der Waals surface area (Å²) in [5, 5.41) is 0.507. The van der Waals surface area contributed by atoms with Crippen molar-refractivity contribution in [3.05, 3.63) is 51.8 Å². The van der Waals surface area contributed by atoms with Gasteiger partial charge in [-0.2, -0.15) is 0 Å². The Balaban J connectivity index is 1.50. The van der Waals surface area contributed by atoms with E-state index in [1.807, 2.05) is 6.07 Å². The van der Waals surface area contributed by atoms with Crippen molar-refractivity contribution in [2.45, 2.75) is 38.3 Å². The van der Waals surface area contributed by atoms with Gasteiger partial charge in [-0.25, -0.2) is 27.7 Å². The molecule has 4 heterocycles. The van der Waals surface area contributed by atoms with Gasteiger partial charge in [0.15, 0.2) is 0 Å². The van der Waals surface area contributed by atoms with Crippen LogP contribution in [0.4, 0.5) is 5.69 Å². The van der Waals surface area contributed by atoms with Crippen molar-refractivity contribution in [3.63, 3.8) is 0 Å². The molecule has 2 aromatic rings. The van der Waals surface area contributed by atoms with Crippen LogP contribution in [0.1, 0.15) is 41.1 Å². The number of halogens is 1. The predicted molar refractivity (Wildman–Crippen MR) is 113 cm³/mol. The first kappa shape index (κ1) is 19.0. The predicted octanol–water partition coefficient (Wildman–Crippen LogP) is 2.40. The fourth-order valence-corrected chi connectivity index (χ4v) is 5.61. The van der Waals surface area contributed by atoms with Gasteiger partial charge in [0.2, 0.25) is 10.0 Å². The summed E-state index contributed by atoms with van der Waals surface area (Å²) in [5.41, 5.74) is 6.39. The molecule has 5 rings (SSSR count). The summed E-state index contributed by atoms with van der Waals surface area (Å²) >= 11 is 6.32. The lowest BCUT2D eigenvalue weighted by Crippen LogP contribution is -2.49. The van der Waals surface area contributed by atoms with Crippen molar-refractivity contribution in [2.75, 3.05) is 24.2 Å². The standard InChI is InChI=1S/C20H22ClN5O2S/c1-12-6-17-15(20(23-11-22-17)13-8-25(9-13)29(2,27)28)10-26(12)18-7-19(21)24-16-5-3-4-14(16)18/h3-4,7,11-13H,5-6,8-10H2,1-2H3/t12-/m1/s1. The number of aromatic nitrogens is 3. The number of anilines is 1. The first-order valence-electron chi connectivity index (χ1n) is 9.71. The Bertz CT molecular complexity index is 1130. The Morgan fingerprint density at radius 3 is 2.76 bits per heavy atom. The van der Waals surface area contributed by atoms with Gasteiger partial charge >= 0.3 is 0 Å². The van der Waals surface area contributed by atoms with E-state index in [-0.39, 0.29) is 12.0 Å². The molecule has 1 fully saturated rings. The molecule has 0 bridgehead atoms. The Labute approximate surface area is 175 Å². The fraction of sp³-hybridized carbons (Fsp3) is 0.450. The largest absolute Gasteiger partial charge is 0.363 e. The lowest BCUT2D eigenvalue weighted by molar-refractivity contribution is 0.260. The normalized spacial score (nSPS) is 21.8. The first-order valence-corrected chi connectivity index (χ1v) is 11.9. The fourth-order valence-electron chi connectivity index (χ4n) is 4.51. The highest BCUT2D eigenvalue weighted by molar-refractivity contribution is 7.88. The van der Waals surface area contributed by atoms with Crippen LogP contribution in [0, 0.1) is 0 Å². The van der Waals surface area contributed by atoms with Crippen molar-refractivity contribution in [3.8, 4) is 0 Å². The molecule has 3 aliphatic rings. The Hall–Kier alpha value is -2.03. The molecular formula is C20H22ClN5O2S. The number of pyridine rings is 1. The Kier molecular flexibility index (Phi) is 4.42. The van der Waals surface area contributed by atoms with Crippen LogP contribution in [0.25, 0.3) is 6.08 Å². The minimum absolute atomic E-state index is 0.114. The molecule has 0 aromatic carbocycles. The van der Waals surface area contributed by atoms with Crippen LogP contribution in [-0.4, -0.2) is 53.1 Å². The summed E-state index contributed by atoms with van der Waals surface area (Å²) in [6.07, 6.45) is 8.72. The zero-order chi connectivity index (χ0) is 20.3. The van der Waals surface area contributed by atoms with E-state index in [4.69, 9.17) is 11.6 Å². The van der Waals surface area contributed by atoms with Gasteiger partial charge in [-0.15, -0.1) is 0 Å². The van der Waals surface area contributed by atoms with Crippen molar-refractivity contribution >= 4 is 33.4 Å². The van der Waals surface area contributed by atoms with E-state index in [1.54, 1.807) is 6.33 Å². The van der Waals surface area contributed by atoms with Gasteiger partial charge in [-0.3, -0.25) is 0 Å². The molecule has 1 atom stereocenters. The molecule has 7 nitrogen and oxygen atoms in total. The van der Waals surface area contributed by atoms with Gasteiger partial charge in [0.05, 0.1) is 23.3 Å². The number of sulfonamides is 1. The second kappa shape index (κ2) is 6.75. The number of hydrogen-bond acceptors (Lipinski definition) is 6. The summed E-state index contributed by atoms with van der Waals surface area (Å²) < 4.78 is 25.0. The first-order chi connectivity index (χ1) is 13.8. The molecule has 0 unspecified atom stereocenters. The third-order valence-electron chi connectivity index (χ3n) is 6.11. The van der Waals surface area contributed by atoms with E-state index < -0.39 is 10.0 Å². The smallest absolute Gasteiger partial charge is 0.211 e. The lowest BCUT2D eigenvalue weighted by atomic mass is 9.89. The number of nitrogens with zero attached hydrogens (tertiary/aromatic N) is 5. The molecule has 0 radical (unpaired) electrons. The van der Waals surface area contributed by atoms with Crippen LogP contribution in [0.2, 0.25) is 5.15 Å². The molecule has 9 heteroatoms. The molecule has 0 spiro atoms. The van der Waals surface area contributed by atoms with Gasteiger partial charge in [0, 0.05) is 61.2 Å². The average Bonchev–Trinajstić information content (AvgIpc) is 3.06. The maximum absolute atomic E-state index is 11.8. The number of fused-ring (bicyclic) bond motifs is 2. The zero-order valence-corrected chi connectivity index (χ0v) is 17.9. The van der Waals surface area contributed by atoms with Crippen LogP contribution in [-0.2, 0) is 29.4 Å². The van der Waals surface area contributed by atoms with Crippen LogP contribution in [0.3, 0.4) is 0 Å². The summed E-state index contributed by atoms with van der Waals surface area (Å²) in [5.74, 6) is 0.114. The van der Waals surface area contributed by atoms with Crippen molar-refractivity contribution in [1.29, 1.82) is 0 Å². The molecule has 1 saturated heterocycles. The van der Waals surface area contributed by atoms with E-state index >= 15 is 0 Å². The van der Waals surface area contributed by atoms with Gasteiger partial charge in [0.1, 0.15) is 11.5 Å². The highest BCUT2D eigenvalue weighted by atomic mass is 35.5. The quantitative estimate of drug-likeness (QED) is 0.694. The number of allylic oxidation sites excluding steroid dienone is 1. The summed E-state index contributed by atoms with van der Waals surface area (Å²) in [7, 11) is -3.15. The molecule has 0 amide bonds. The minimum Gasteiger partial charge on any atom is -0.363 e. The Morgan fingerprint density at radius 1 is 1.21 bits per heavy atom. The number of hydrogen-bond donors (Lipinski definition) is 0. The van der Waals surface area contributed by atoms with E-state index in [2.05, 4.69) is 38.9 Å². The second-order valence-electron chi connectivity index (χ2n) is 8.07. The average molecular weight is 432 g/mol. The third-order valence-corrected chi connectivity index (χ3v) is 7.54. The maximum atomic E-state index is 11.8. The third kappa shape index (κ3) is 3.23. The van der Waals surface area contributed by atoms with Gasteiger partial charge in [0.25, 0.3) is 0 Å². The van der Waals surface area contributed by atoms with E-state index in [9.17, 15) is 8.42 Å². The van der Waals surface area contributed by atoms with E-state index in [0.29, 0.717) is 24.8 Å². The highest BCUT2D eigenvalue weighted by Gasteiger charge is 2.38. The summed E-state index contributed by atoms with van der Waals surface area (Å²) in [4.78, 5) is 15.9. The van der Waals surface area contributed by atoms with E-state index in [1.165, 1.54) is 10.6 Å². The van der Waals surface area contributed by atoms with Crippen molar-refractivity contribution in [2.24, 2.45) is 0 Å². The van der Waals surface area contributed by atoms with Crippen LogP contribution in [0.5, 0.6) is 0 Å². The van der Waals surface area contributed by atoms with Gasteiger partial charge in [-0.1, -0.05) is 23.8 Å². The topological polar surface area (TPSA) is 79.3 Å². The van der Waals surface area contributed by atoms with Gasteiger partial charge in [-0.05, 0) is 13.0 Å². The molecule has 2 aliphatic heterocycles. The summed E-state index contributed by atoms with van der Waals surface area (Å²) in [6, 6.07) is 2.20. The second-order valence-corrected chi connectivity index (χ2v) is 10.4. The maximum Gasteiger partial charge on any atom is 0.211 e. The zero-order valence-electron chi connectivity index (χ0n) is 16.3. The molecule has 0 N–H and O–H groups in total. The molecule has 152 valence electrons. The highest BCUT2D eigenvalue weighted by Crippen LogP contribution is 2.38. The van der Waals surface area contributed by atoms with Crippen molar-refractivity contribution in [1.82, 2.24) is 19.3 Å². The van der Waals surface area contributed by atoms with Crippen LogP contribution in [0.15, 0.2) is 18.5 Å². The van der Waals surface area contributed by atoms with Crippen LogP contribution >= 0.6 is 11.6 Å². The Morgan fingerprint density at radius 2 is 2.00 bits per heavy atom. The number of rotatable bonds is 3. The molecular weight excluding hydrogens is 410 g/mol. The molecule has 2 aromatic heterocycles.